The maximum Gasteiger partial charge on any atom is 0.207 e. The second-order valence-electron chi connectivity index (χ2n) is 3.81. The topological polar surface area (TPSA) is 60.2 Å². The van der Waals surface area contributed by atoms with Crippen molar-refractivity contribution in [1.29, 1.82) is 0 Å². The molecule has 0 saturated heterocycles. The van der Waals surface area contributed by atoms with Gasteiger partial charge in [0.1, 0.15) is 5.78 Å². The fourth-order valence-corrected chi connectivity index (χ4v) is 1.97. The molecule has 74 valence electrons. The van der Waals surface area contributed by atoms with E-state index in [0.29, 0.717) is 6.42 Å². The van der Waals surface area contributed by atoms with Crippen molar-refractivity contribution in [2.24, 2.45) is 11.8 Å². The van der Waals surface area contributed by atoms with Crippen LogP contribution in [0.2, 0.25) is 0 Å². The van der Waals surface area contributed by atoms with Crippen molar-refractivity contribution in [3.05, 3.63) is 10.1 Å². The molecule has 0 radical (unpaired) electrons. The Morgan fingerprint density at radius 2 is 2.31 bits per heavy atom. The third kappa shape index (κ3) is 2.79. The Labute approximate surface area is 77.5 Å². The van der Waals surface area contributed by atoms with E-state index in [4.69, 9.17) is 0 Å². The molecular weight excluding hydrogens is 170 g/mol. The Balaban J connectivity index is 2.48. The third-order valence-electron chi connectivity index (χ3n) is 2.73. The standard InChI is InChI=1S/C9H15NO3/c1-7(6-10(12)13)8-4-2-3-5-9(8)11/h7-8H,2-6H2,1H3/t7-,8-/m0/s1. The summed E-state index contributed by atoms with van der Waals surface area (Å²) in [7, 11) is 0. The third-order valence-corrected chi connectivity index (χ3v) is 2.73. The number of Topliss-reactive ketones (excluding diaryl/α,β-unsaturated/α-hetero) is 1. The SMILES string of the molecule is C[C@@H](C[N+](=O)[O-])[C@@H]1CCCCC1=O. The Bertz CT molecular complexity index is 215. The first-order chi connectivity index (χ1) is 6.11. The normalized spacial score (nSPS) is 25.6. The lowest BCUT2D eigenvalue weighted by Crippen LogP contribution is -2.29. The molecule has 0 heterocycles. The van der Waals surface area contributed by atoms with E-state index in [-0.39, 0.29) is 29.1 Å². The van der Waals surface area contributed by atoms with E-state index < -0.39 is 0 Å². The fourth-order valence-electron chi connectivity index (χ4n) is 1.97. The van der Waals surface area contributed by atoms with Crippen LogP contribution in [0.1, 0.15) is 32.6 Å². The minimum absolute atomic E-state index is 0.0563. The zero-order chi connectivity index (χ0) is 9.84. The number of nitrogens with zero attached hydrogens (tertiary/aromatic N) is 1. The van der Waals surface area contributed by atoms with Gasteiger partial charge in [-0.05, 0) is 12.8 Å². The molecule has 13 heavy (non-hydrogen) atoms. The lowest BCUT2D eigenvalue weighted by molar-refractivity contribution is -0.488. The maximum absolute atomic E-state index is 11.4. The van der Waals surface area contributed by atoms with Gasteiger partial charge in [0.2, 0.25) is 6.54 Å². The number of ketones is 1. The molecule has 0 spiro atoms. The van der Waals surface area contributed by atoms with Gasteiger partial charge in [0, 0.05) is 23.2 Å². The summed E-state index contributed by atoms with van der Waals surface area (Å²) in [6.45, 7) is 1.73. The fraction of sp³-hybridized carbons (Fsp3) is 0.889. The molecule has 1 aliphatic rings. The van der Waals surface area contributed by atoms with Gasteiger partial charge < -0.3 is 0 Å². The van der Waals surface area contributed by atoms with Crippen LogP contribution >= 0.6 is 0 Å². The highest BCUT2D eigenvalue weighted by molar-refractivity contribution is 5.81. The molecule has 0 amide bonds. The van der Waals surface area contributed by atoms with Crippen LogP contribution in [0.25, 0.3) is 0 Å². The average Bonchev–Trinajstić information content (AvgIpc) is 2.03. The minimum atomic E-state index is -0.327. The molecule has 1 saturated carbocycles. The number of carbonyl (C=O) groups is 1. The van der Waals surface area contributed by atoms with E-state index in [1.54, 1.807) is 6.92 Å². The van der Waals surface area contributed by atoms with E-state index in [2.05, 4.69) is 0 Å². The summed E-state index contributed by atoms with van der Waals surface area (Å²) in [4.78, 5) is 21.3. The van der Waals surface area contributed by atoms with Gasteiger partial charge in [-0.1, -0.05) is 13.3 Å². The molecule has 4 heteroatoms. The summed E-state index contributed by atoms with van der Waals surface area (Å²) in [5.74, 6) is 0.0718. The molecule has 0 aliphatic heterocycles. The van der Waals surface area contributed by atoms with Crippen molar-refractivity contribution in [1.82, 2.24) is 0 Å². The van der Waals surface area contributed by atoms with E-state index in [9.17, 15) is 14.9 Å². The quantitative estimate of drug-likeness (QED) is 0.496. The van der Waals surface area contributed by atoms with Gasteiger partial charge in [-0.15, -0.1) is 0 Å². The molecule has 0 aromatic rings. The molecule has 1 rings (SSSR count). The largest absolute Gasteiger partial charge is 0.299 e. The molecule has 1 fully saturated rings. The van der Waals surface area contributed by atoms with Crippen LogP contribution < -0.4 is 0 Å². The van der Waals surface area contributed by atoms with Gasteiger partial charge in [0.05, 0.1) is 0 Å². The van der Waals surface area contributed by atoms with Crippen molar-refractivity contribution in [2.75, 3.05) is 6.54 Å². The highest BCUT2D eigenvalue weighted by atomic mass is 16.6. The van der Waals surface area contributed by atoms with E-state index in [1.807, 2.05) is 0 Å². The smallest absolute Gasteiger partial charge is 0.207 e. The van der Waals surface area contributed by atoms with Crippen molar-refractivity contribution in [3.63, 3.8) is 0 Å². The van der Waals surface area contributed by atoms with Gasteiger partial charge in [0.25, 0.3) is 0 Å². The van der Waals surface area contributed by atoms with E-state index in [1.165, 1.54) is 0 Å². The van der Waals surface area contributed by atoms with Crippen LogP contribution in [0.15, 0.2) is 0 Å². The van der Waals surface area contributed by atoms with Crippen LogP contribution in [0, 0.1) is 22.0 Å². The lowest BCUT2D eigenvalue weighted by atomic mass is 9.80. The monoisotopic (exact) mass is 185 g/mol. The highest BCUT2D eigenvalue weighted by Gasteiger charge is 2.29. The predicted molar refractivity (Wildman–Crippen MR) is 48.0 cm³/mol. The van der Waals surface area contributed by atoms with Crippen molar-refractivity contribution in [3.8, 4) is 0 Å². The first kappa shape index (κ1) is 10.2. The first-order valence-corrected chi connectivity index (χ1v) is 4.75. The van der Waals surface area contributed by atoms with Gasteiger partial charge in [0.15, 0.2) is 0 Å². The molecule has 0 unspecified atom stereocenters. The van der Waals surface area contributed by atoms with Crippen LogP contribution in [0.5, 0.6) is 0 Å². The molecule has 4 nitrogen and oxygen atoms in total. The Morgan fingerprint density at radius 3 is 2.85 bits per heavy atom. The van der Waals surface area contributed by atoms with Gasteiger partial charge in [-0.25, -0.2) is 0 Å². The van der Waals surface area contributed by atoms with Crippen molar-refractivity contribution < 1.29 is 9.72 Å². The van der Waals surface area contributed by atoms with E-state index >= 15 is 0 Å². The van der Waals surface area contributed by atoms with Gasteiger partial charge in [-0.2, -0.15) is 0 Å². The number of rotatable bonds is 3. The number of nitro groups is 1. The lowest BCUT2D eigenvalue weighted by Gasteiger charge is -2.23. The van der Waals surface area contributed by atoms with Crippen LogP contribution in [-0.4, -0.2) is 17.3 Å². The number of carbonyl (C=O) groups excluding carboxylic acids is 1. The second-order valence-corrected chi connectivity index (χ2v) is 3.81. The molecular formula is C9H15NO3. The van der Waals surface area contributed by atoms with Crippen LogP contribution in [-0.2, 0) is 4.79 Å². The molecule has 0 aromatic carbocycles. The van der Waals surface area contributed by atoms with E-state index in [0.717, 1.165) is 19.3 Å². The zero-order valence-corrected chi connectivity index (χ0v) is 7.86. The summed E-state index contributed by atoms with van der Waals surface area (Å²) in [6, 6.07) is 0. The van der Waals surface area contributed by atoms with Crippen molar-refractivity contribution in [2.45, 2.75) is 32.6 Å². The second kappa shape index (κ2) is 4.35. The van der Waals surface area contributed by atoms with Gasteiger partial charge >= 0.3 is 0 Å². The molecule has 0 aromatic heterocycles. The predicted octanol–water partition coefficient (Wildman–Crippen LogP) is 1.66. The summed E-state index contributed by atoms with van der Waals surface area (Å²) in [5, 5.41) is 10.3. The molecule has 1 aliphatic carbocycles. The molecule has 2 atom stereocenters. The highest BCUT2D eigenvalue weighted by Crippen LogP contribution is 2.26. The molecule has 0 bridgehead atoms. The Hall–Kier alpha value is -0.930. The Morgan fingerprint density at radius 1 is 1.62 bits per heavy atom. The number of hydrogen-bond acceptors (Lipinski definition) is 3. The van der Waals surface area contributed by atoms with Crippen LogP contribution in [0.3, 0.4) is 0 Å². The number of hydrogen-bond donors (Lipinski definition) is 0. The summed E-state index contributed by atoms with van der Waals surface area (Å²) in [6.07, 6.45) is 3.46. The summed E-state index contributed by atoms with van der Waals surface area (Å²) >= 11 is 0. The summed E-state index contributed by atoms with van der Waals surface area (Å²) < 4.78 is 0. The summed E-state index contributed by atoms with van der Waals surface area (Å²) in [5.41, 5.74) is 0. The zero-order valence-electron chi connectivity index (χ0n) is 7.86. The average molecular weight is 185 g/mol. The first-order valence-electron chi connectivity index (χ1n) is 4.75. The maximum atomic E-state index is 11.4. The van der Waals surface area contributed by atoms with Gasteiger partial charge in [-0.3, -0.25) is 14.9 Å². The van der Waals surface area contributed by atoms with Crippen molar-refractivity contribution >= 4 is 5.78 Å². The minimum Gasteiger partial charge on any atom is -0.299 e. The van der Waals surface area contributed by atoms with Crippen LogP contribution in [0.4, 0.5) is 0 Å². The molecule has 0 N–H and O–H groups in total. The Kier molecular flexibility index (Phi) is 3.39.